The number of nitrogens with zero attached hydrogens (tertiary/aromatic N) is 2. The van der Waals surface area contributed by atoms with Gasteiger partial charge in [-0.3, -0.25) is 14.7 Å². The second-order valence-corrected chi connectivity index (χ2v) is 5.20. The fraction of sp³-hybridized carbons (Fsp3) is 0.294. The lowest BCUT2D eigenvalue weighted by atomic mass is 10.1. The van der Waals surface area contributed by atoms with Crippen LogP contribution in [0.25, 0.3) is 12.7 Å². The maximum atomic E-state index is 12.2. The summed E-state index contributed by atoms with van der Waals surface area (Å²) in [7, 11) is 0. The van der Waals surface area contributed by atoms with Crippen LogP contribution in [0.4, 0.5) is 5.69 Å². The molecule has 0 saturated heterocycles. The number of rotatable bonds is 6. The van der Waals surface area contributed by atoms with E-state index in [-0.39, 0.29) is 5.56 Å². The molecule has 122 valence electrons. The van der Waals surface area contributed by atoms with Gasteiger partial charge in [0.05, 0.1) is 10.6 Å². The molecule has 0 aliphatic rings. The summed E-state index contributed by atoms with van der Waals surface area (Å²) in [5.41, 5.74) is 1.61. The van der Waals surface area contributed by atoms with Crippen LogP contribution in [0.15, 0.2) is 29.1 Å². The number of H-pyrrole nitrogens is 1. The number of aliphatic carboxylic acids is 1. The summed E-state index contributed by atoms with van der Waals surface area (Å²) < 4.78 is 1.04. The van der Waals surface area contributed by atoms with E-state index in [9.17, 15) is 9.59 Å². The Labute approximate surface area is 134 Å². The third-order valence-electron chi connectivity index (χ3n) is 3.70. The van der Waals surface area contributed by atoms with Crippen LogP contribution in [0.3, 0.4) is 0 Å². The number of hydrogen-bond donors (Lipinski definition) is 2. The fourth-order valence-electron chi connectivity index (χ4n) is 2.48. The Morgan fingerprint density at radius 2 is 1.91 bits per heavy atom. The van der Waals surface area contributed by atoms with Crippen molar-refractivity contribution in [1.82, 2.24) is 9.78 Å². The van der Waals surface area contributed by atoms with Gasteiger partial charge in [0.2, 0.25) is 0 Å². The van der Waals surface area contributed by atoms with Gasteiger partial charge < -0.3 is 10.0 Å². The maximum absolute atomic E-state index is 12.2. The number of aromatic nitrogens is 2. The van der Waals surface area contributed by atoms with Crippen molar-refractivity contribution in [2.75, 3.05) is 18.0 Å². The van der Waals surface area contributed by atoms with Crippen molar-refractivity contribution in [3.8, 4) is 0 Å². The summed E-state index contributed by atoms with van der Waals surface area (Å²) >= 11 is 0. The van der Waals surface area contributed by atoms with Gasteiger partial charge in [0.15, 0.2) is 0 Å². The number of benzene rings is 1. The van der Waals surface area contributed by atoms with Gasteiger partial charge in [0.1, 0.15) is 6.54 Å². The standard InChI is InChI=1S/C17H21N3O3/c1-4-19(5-2)14-8-6-13(7-9-14)10-15-12(3)18-20(17(15)23)11-16(21)22/h6-10,18H,3-5,11H2,1-2H3,(H,21,22). The Hall–Kier alpha value is -2.76. The van der Waals surface area contributed by atoms with Crippen molar-refractivity contribution in [2.24, 2.45) is 0 Å². The van der Waals surface area contributed by atoms with Crippen LogP contribution in [-0.4, -0.2) is 33.9 Å². The highest BCUT2D eigenvalue weighted by atomic mass is 16.4. The van der Waals surface area contributed by atoms with Gasteiger partial charge in [0, 0.05) is 18.8 Å². The second kappa shape index (κ2) is 7.00. The van der Waals surface area contributed by atoms with Gasteiger partial charge in [-0.15, -0.1) is 0 Å². The van der Waals surface area contributed by atoms with E-state index >= 15 is 0 Å². The molecule has 6 heteroatoms. The molecule has 2 aromatic rings. The highest BCUT2D eigenvalue weighted by Gasteiger charge is 2.06. The van der Waals surface area contributed by atoms with Crippen molar-refractivity contribution in [1.29, 1.82) is 0 Å². The molecule has 0 unspecified atom stereocenters. The first kappa shape index (κ1) is 16.6. The van der Waals surface area contributed by atoms with E-state index < -0.39 is 12.5 Å². The smallest absolute Gasteiger partial charge is 0.325 e. The molecule has 2 N–H and O–H groups in total. The molecule has 0 amide bonds. The quantitative estimate of drug-likeness (QED) is 0.806. The van der Waals surface area contributed by atoms with Gasteiger partial charge in [-0.1, -0.05) is 18.7 Å². The summed E-state index contributed by atoms with van der Waals surface area (Å²) in [4.78, 5) is 25.2. The van der Waals surface area contributed by atoms with E-state index in [2.05, 4.69) is 30.4 Å². The Kier molecular flexibility index (Phi) is 5.05. The molecule has 23 heavy (non-hydrogen) atoms. The van der Waals surface area contributed by atoms with Crippen molar-refractivity contribution < 1.29 is 9.90 Å². The highest BCUT2D eigenvalue weighted by Crippen LogP contribution is 2.14. The highest BCUT2D eigenvalue weighted by molar-refractivity contribution is 5.66. The van der Waals surface area contributed by atoms with Crippen LogP contribution in [0, 0.1) is 0 Å². The number of carboxylic acid groups (broad SMARTS) is 1. The Balaban J connectivity index is 2.39. The monoisotopic (exact) mass is 315 g/mol. The molecule has 0 atom stereocenters. The van der Waals surface area contributed by atoms with Crippen LogP contribution in [0.2, 0.25) is 0 Å². The van der Waals surface area contributed by atoms with Crippen LogP contribution < -0.4 is 21.0 Å². The van der Waals surface area contributed by atoms with E-state index in [1.807, 2.05) is 24.3 Å². The maximum Gasteiger partial charge on any atom is 0.325 e. The molecule has 6 nitrogen and oxygen atoms in total. The molecular formula is C17H21N3O3. The molecule has 0 aliphatic carbocycles. The third kappa shape index (κ3) is 3.71. The zero-order chi connectivity index (χ0) is 17.0. The van der Waals surface area contributed by atoms with Gasteiger partial charge in [-0.2, -0.15) is 0 Å². The SMILES string of the molecule is C=c1[nH]n(CC(=O)O)c(=O)c1=Cc1ccc(N(CC)CC)cc1. The van der Waals surface area contributed by atoms with Crippen LogP contribution in [0.1, 0.15) is 19.4 Å². The Morgan fingerprint density at radius 1 is 1.30 bits per heavy atom. The van der Waals surface area contributed by atoms with Gasteiger partial charge >= 0.3 is 5.97 Å². The zero-order valence-corrected chi connectivity index (χ0v) is 13.4. The third-order valence-corrected chi connectivity index (χ3v) is 3.70. The lowest BCUT2D eigenvalue weighted by Crippen LogP contribution is -2.35. The van der Waals surface area contributed by atoms with Crippen molar-refractivity contribution in [3.63, 3.8) is 0 Å². The normalized spacial score (nSPS) is 11.7. The number of carboxylic acids is 1. The summed E-state index contributed by atoms with van der Waals surface area (Å²) in [6.45, 7) is 9.42. The number of nitrogens with one attached hydrogen (secondary N) is 1. The first-order valence-corrected chi connectivity index (χ1v) is 7.52. The zero-order valence-electron chi connectivity index (χ0n) is 13.4. The lowest BCUT2D eigenvalue weighted by Gasteiger charge is -2.20. The fourth-order valence-corrected chi connectivity index (χ4v) is 2.48. The van der Waals surface area contributed by atoms with Crippen LogP contribution in [-0.2, 0) is 11.3 Å². The van der Waals surface area contributed by atoms with Crippen LogP contribution in [0.5, 0.6) is 0 Å². The van der Waals surface area contributed by atoms with E-state index in [1.165, 1.54) is 0 Å². The van der Waals surface area contributed by atoms with Crippen LogP contribution >= 0.6 is 0 Å². The average Bonchev–Trinajstić information content (AvgIpc) is 2.77. The lowest BCUT2D eigenvalue weighted by molar-refractivity contribution is -0.137. The molecule has 0 spiro atoms. The van der Waals surface area contributed by atoms with E-state index in [0.717, 1.165) is 29.0 Å². The predicted octanol–water partition coefficient (Wildman–Crippen LogP) is 0.346. The first-order valence-electron chi connectivity index (χ1n) is 7.52. The average molecular weight is 315 g/mol. The number of anilines is 1. The molecule has 1 aromatic heterocycles. The summed E-state index contributed by atoms with van der Waals surface area (Å²) in [6, 6.07) is 7.87. The topological polar surface area (TPSA) is 78.3 Å². The van der Waals surface area contributed by atoms with E-state index in [1.54, 1.807) is 6.08 Å². The van der Waals surface area contributed by atoms with Crippen molar-refractivity contribution in [3.05, 3.63) is 50.8 Å². The number of carbonyl (C=O) groups is 1. The molecule has 0 bridgehead atoms. The largest absolute Gasteiger partial charge is 0.480 e. The van der Waals surface area contributed by atoms with Crippen molar-refractivity contribution in [2.45, 2.75) is 20.4 Å². The summed E-state index contributed by atoms with van der Waals surface area (Å²) in [5.74, 6) is -1.08. The predicted molar refractivity (Wildman–Crippen MR) is 91.0 cm³/mol. The molecule has 1 aromatic carbocycles. The van der Waals surface area contributed by atoms with Gasteiger partial charge in [-0.25, -0.2) is 4.68 Å². The minimum Gasteiger partial charge on any atom is -0.480 e. The molecule has 0 aliphatic heterocycles. The molecule has 0 fully saturated rings. The summed E-state index contributed by atoms with van der Waals surface area (Å²) in [5, 5.41) is 12.3. The summed E-state index contributed by atoms with van der Waals surface area (Å²) in [6.07, 6.45) is 1.71. The van der Waals surface area contributed by atoms with E-state index in [0.29, 0.717) is 10.6 Å². The minimum absolute atomic E-state index is 0.377. The molecule has 0 radical (unpaired) electrons. The molecule has 2 rings (SSSR count). The second-order valence-electron chi connectivity index (χ2n) is 5.20. The Morgan fingerprint density at radius 3 is 2.43 bits per heavy atom. The first-order chi connectivity index (χ1) is 11.0. The van der Waals surface area contributed by atoms with Crippen molar-refractivity contribution >= 4 is 24.3 Å². The minimum atomic E-state index is -1.08. The molecular weight excluding hydrogens is 294 g/mol. The van der Waals surface area contributed by atoms with Gasteiger partial charge in [0.25, 0.3) is 5.56 Å². The van der Waals surface area contributed by atoms with E-state index in [4.69, 9.17) is 5.11 Å². The number of hydrogen-bond acceptors (Lipinski definition) is 3. The Bertz CT molecular complexity index is 843. The number of aromatic amines is 1. The molecule has 1 heterocycles. The molecule has 0 saturated carbocycles. The van der Waals surface area contributed by atoms with Gasteiger partial charge in [-0.05, 0) is 37.6 Å².